The molecule has 0 atom stereocenters. The first kappa shape index (κ1) is 12.9. The van der Waals surface area contributed by atoms with E-state index < -0.39 is 0 Å². The highest BCUT2D eigenvalue weighted by molar-refractivity contribution is 5.67. The summed E-state index contributed by atoms with van der Waals surface area (Å²) in [6.07, 6.45) is 7.35. The van der Waals surface area contributed by atoms with E-state index >= 15 is 0 Å². The number of benzene rings is 1. The van der Waals surface area contributed by atoms with Crippen molar-refractivity contribution in [1.82, 2.24) is 5.32 Å². The summed E-state index contributed by atoms with van der Waals surface area (Å²) >= 11 is 0. The van der Waals surface area contributed by atoms with Crippen LogP contribution in [0.1, 0.15) is 24.8 Å². The predicted molar refractivity (Wildman–Crippen MR) is 76.8 cm³/mol. The number of hydrogen-bond donors (Lipinski definition) is 1. The van der Waals surface area contributed by atoms with Crippen LogP contribution < -0.4 is 10.1 Å². The highest BCUT2D eigenvalue weighted by Gasteiger charge is 2.05. The third-order valence-corrected chi connectivity index (χ3v) is 3.11. The summed E-state index contributed by atoms with van der Waals surface area (Å²) in [5.41, 5.74) is 2.75. The van der Waals surface area contributed by atoms with Crippen molar-refractivity contribution in [2.75, 3.05) is 19.7 Å². The summed E-state index contributed by atoms with van der Waals surface area (Å²) in [6.45, 7) is 6.52. The van der Waals surface area contributed by atoms with Gasteiger partial charge in [-0.05, 0) is 49.1 Å². The lowest BCUT2D eigenvalue weighted by atomic mass is 10.0. The van der Waals surface area contributed by atoms with Gasteiger partial charge in [-0.15, -0.1) is 6.58 Å². The Morgan fingerprint density at radius 2 is 2.11 bits per heavy atom. The fourth-order valence-electron chi connectivity index (χ4n) is 2.07. The van der Waals surface area contributed by atoms with E-state index in [9.17, 15) is 0 Å². The summed E-state index contributed by atoms with van der Waals surface area (Å²) in [7, 11) is 0. The molecule has 96 valence electrons. The van der Waals surface area contributed by atoms with Gasteiger partial charge >= 0.3 is 0 Å². The van der Waals surface area contributed by atoms with Gasteiger partial charge in [0.1, 0.15) is 5.75 Å². The van der Waals surface area contributed by atoms with Crippen molar-refractivity contribution in [3.05, 3.63) is 48.6 Å². The molecule has 0 unspecified atom stereocenters. The molecule has 0 amide bonds. The summed E-state index contributed by atoms with van der Waals surface area (Å²) in [6, 6.07) is 8.43. The van der Waals surface area contributed by atoms with Crippen LogP contribution in [0.15, 0.2) is 43.0 Å². The van der Waals surface area contributed by atoms with Crippen molar-refractivity contribution in [1.29, 1.82) is 0 Å². The van der Waals surface area contributed by atoms with Crippen LogP contribution in [0.5, 0.6) is 5.75 Å². The van der Waals surface area contributed by atoms with Crippen LogP contribution in [0.25, 0.3) is 5.57 Å². The molecule has 0 aromatic heterocycles. The molecule has 0 fully saturated rings. The first-order valence-electron chi connectivity index (χ1n) is 6.64. The normalized spacial score (nSPS) is 15.0. The standard InChI is InChI=1S/C16H21NO/c1-2-3-4-13-18-16-7-5-14(6-8-16)15-9-11-17-12-10-15/h2,5-9,17H,1,3-4,10-13H2. The third kappa shape index (κ3) is 3.74. The monoisotopic (exact) mass is 243 g/mol. The quantitative estimate of drug-likeness (QED) is 0.610. The van der Waals surface area contributed by atoms with Gasteiger partial charge in [0.15, 0.2) is 0 Å². The zero-order valence-corrected chi connectivity index (χ0v) is 10.8. The molecule has 0 radical (unpaired) electrons. The van der Waals surface area contributed by atoms with E-state index in [0.717, 1.165) is 44.7 Å². The Bertz CT molecular complexity index is 406. The minimum atomic E-state index is 0.762. The predicted octanol–water partition coefficient (Wildman–Crippen LogP) is 3.41. The van der Waals surface area contributed by atoms with Crippen molar-refractivity contribution in [3.8, 4) is 5.75 Å². The average Bonchev–Trinajstić information content (AvgIpc) is 2.45. The fraction of sp³-hybridized carbons (Fsp3) is 0.375. The number of unbranched alkanes of at least 4 members (excludes halogenated alkanes) is 1. The van der Waals surface area contributed by atoms with Crippen molar-refractivity contribution in [2.24, 2.45) is 0 Å². The number of rotatable bonds is 6. The Labute approximate surface area is 109 Å². The maximum Gasteiger partial charge on any atom is 0.119 e. The van der Waals surface area contributed by atoms with Crippen molar-refractivity contribution < 1.29 is 4.74 Å². The van der Waals surface area contributed by atoms with E-state index in [1.165, 1.54) is 11.1 Å². The van der Waals surface area contributed by atoms with Gasteiger partial charge in [0.25, 0.3) is 0 Å². The van der Waals surface area contributed by atoms with Gasteiger partial charge in [-0.2, -0.15) is 0 Å². The second kappa shape index (κ2) is 7.02. The highest BCUT2D eigenvalue weighted by Crippen LogP contribution is 2.22. The van der Waals surface area contributed by atoms with Crippen LogP contribution in [0, 0.1) is 0 Å². The van der Waals surface area contributed by atoms with E-state index in [1.807, 2.05) is 6.08 Å². The van der Waals surface area contributed by atoms with Crippen molar-refractivity contribution >= 4 is 5.57 Å². The van der Waals surface area contributed by atoms with E-state index in [2.05, 4.69) is 42.2 Å². The molecule has 0 spiro atoms. The zero-order valence-electron chi connectivity index (χ0n) is 10.8. The van der Waals surface area contributed by atoms with Crippen LogP contribution in [0.3, 0.4) is 0 Å². The van der Waals surface area contributed by atoms with Gasteiger partial charge in [-0.1, -0.05) is 24.3 Å². The van der Waals surface area contributed by atoms with Crippen LogP contribution in [-0.2, 0) is 0 Å². The lowest BCUT2D eigenvalue weighted by Gasteiger charge is -2.14. The Kier molecular flexibility index (Phi) is 5.03. The summed E-state index contributed by atoms with van der Waals surface area (Å²) in [5.74, 6) is 0.956. The minimum absolute atomic E-state index is 0.762. The Hall–Kier alpha value is -1.54. The van der Waals surface area contributed by atoms with E-state index in [0.29, 0.717) is 0 Å². The maximum atomic E-state index is 5.67. The van der Waals surface area contributed by atoms with Gasteiger partial charge in [-0.25, -0.2) is 0 Å². The zero-order chi connectivity index (χ0) is 12.6. The first-order valence-corrected chi connectivity index (χ1v) is 6.64. The van der Waals surface area contributed by atoms with Crippen LogP contribution in [0.2, 0.25) is 0 Å². The molecule has 1 heterocycles. The topological polar surface area (TPSA) is 21.3 Å². The third-order valence-electron chi connectivity index (χ3n) is 3.11. The maximum absolute atomic E-state index is 5.67. The smallest absolute Gasteiger partial charge is 0.119 e. The van der Waals surface area contributed by atoms with Gasteiger partial charge < -0.3 is 10.1 Å². The Morgan fingerprint density at radius 1 is 1.28 bits per heavy atom. The SMILES string of the molecule is C=CCCCOc1ccc(C2=CCNCC2)cc1. The molecule has 2 rings (SSSR count). The first-order chi connectivity index (χ1) is 8.90. The largest absolute Gasteiger partial charge is 0.494 e. The fourth-order valence-corrected chi connectivity index (χ4v) is 2.07. The molecule has 1 aliphatic rings. The second-order valence-electron chi connectivity index (χ2n) is 4.49. The molecule has 0 saturated heterocycles. The molecule has 1 aliphatic heterocycles. The van der Waals surface area contributed by atoms with Gasteiger partial charge in [0, 0.05) is 6.54 Å². The van der Waals surface area contributed by atoms with Crippen LogP contribution in [-0.4, -0.2) is 19.7 Å². The molecule has 18 heavy (non-hydrogen) atoms. The number of nitrogens with one attached hydrogen (secondary N) is 1. The molecular weight excluding hydrogens is 222 g/mol. The van der Waals surface area contributed by atoms with E-state index in [4.69, 9.17) is 4.74 Å². The van der Waals surface area contributed by atoms with E-state index in [-0.39, 0.29) is 0 Å². The summed E-state index contributed by atoms with van der Waals surface area (Å²) in [5, 5.41) is 3.33. The molecular formula is C16H21NO. The van der Waals surface area contributed by atoms with E-state index in [1.54, 1.807) is 0 Å². The van der Waals surface area contributed by atoms with Gasteiger partial charge in [-0.3, -0.25) is 0 Å². The molecule has 2 nitrogen and oxygen atoms in total. The molecule has 2 heteroatoms. The number of ether oxygens (including phenoxy) is 1. The Morgan fingerprint density at radius 3 is 2.78 bits per heavy atom. The lowest BCUT2D eigenvalue weighted by Crippen LogP contribution is -2.19. The molecule has 1 N–H and O–H groups in total. The average molecular weight is 243 g/mol. The second-order valence-corrected chi connectivity index (χ2v) is 4.49. The summed E-state index contributed by atoms with van der Waals surface area (Å²) < 4.78 is 5.67. The lowest BCUT2D eigenvalue weighted by molar-refractivity contribution is 0.312. The summed E-state index contributed by atoms with van der Waals surface area (Å²) in [4.78, 5) is 0. The minimum Gasteiger partial charge on any atom is -0.494 e. The molecule has 0 saturated carbocycles. The number of allylic oxidation sites excluding steroid dienone is 1. The molecule has 1 aromatic carbocycles. The molecule has 0 aliphatic carbocycles. The van der Waals surface area contributed by atoms with Crippen molar-refractivity contribution in [2.45, 2.75) is 19.3 Å². The molecule has 0 bridgehead atoms. The number of hydrogen-bond acceptors (Lipinski definition) is 2. The van der Waals surface area contributed by atoms with Gasteiger partial charge in [0.05, 0.1) is 6.61 Å². The Balaban J connectivity index is 1.88. The van der Waals surface area contributed by atoms with Crippen molar-refractivity contribution in [3.63, 3.8) is 0 Å². The highest BCUT2D eigenvalue weighted by atomic mass is 16.5. The van der Waals surface area contributed by atoms with Crippen LogP contribution >= 0.6 is 0 Å². The van der Waals surface area contributed by atoms with Crippen LogP contribution in [0.4, 0.5) is 0 Å². The molecule has 1 aromatic rings. The van der Waals surface area contributed by atoms with Gasteiger partial charge in [0.2, 0.25) is 0 Å².